The number of hydrogen-bond donors (Lipinski definition) is 1. The number of aliphatic carboxylic acids is 1. The lowest BCUT2D eigenvalue weighted by molar-refractivity contribution is -0.321. The molecule has 5 aliphatic carbocycles. The molecule has 9 atom stereocenters. The van der Waals surface area contributed by atoms with Gasteiger partial charge in [-0.15, -0.1) is 0 Å². The SMILES string of the molecule is CC1(C)[C@@H](O)CC[C@@]2(C)[C@H]3C(=O)C=C4[C@H]5C[C@@](C)(C(=O)[O-])CC[C@]5(C)CC[C@]4(C)[C@@]3(C)CC[C@@H]12. The van der Waals surface area contributed by atoms with E-state index in [1.807, 2.05) is 13.0 Å². The van der Waals surface area contributed by atoms with Crippen molar-refractivity contribution in [3.63, 3.8) is 0 Å². The van der Waals surface area contributed by atoms with Gasteiger partial charge in [0, 0.05) is 17.3 Å². The van der Waals surface area contributed by atoms with E-state index in [0.717, 1.165) is 44.9 Å². The Labute approximate surface area is 206 Å². The van der Waals surface area contributed by atoms with Crippen LogP contribution in [0.15, 0.2) is 11.6 Å². The van der Waals surface area contributed by atoms with Crippen molar-refractivity contribution in [2.75, 3.05) is 0 Å². The van der Waals surface area contributed by atoms with Gasteiger partial charge in [-0.05, 0) is 103 Å². The quantitative estimate of drug-likeness (QED) is 0.581. The van der Waals surface area contributed by atoms with Gasteiger partial charge in [-0.2, -0.15) is 0 Å². The number of carbonyl (C=O) groups is 2. The second kappa shape index (κ2) is 6.99. The number of allylic oxidation sites excluding steroid dienone is 2. The second-order valence-electron chi connectivity index (χ2n) is 14.9. The van der Waals surface area contributed by atoms with Crippen LogP contribution in [0.1, 0.15) is 106 Å². The van der Waals surface area contributed by atoms with Crippen molar-refractivity contribution in [1.82, 2.24) is 0 Å². The average molecular weight is 470 g/mol. The summed E-state index contributed by atoms with van der Waals surface area (Å²) in [6.45, 7) is 15.7. The largest absolute Gasteiger partial charge is 0.550 e. The molecule has 0 amide bonds. The molecule has 0 heterocycles. The number of aliphatic hydroxyl groups is 1. The molecule has 0 saturated heterocycles. The Bertz CT molecular complexity index is 965. The Kier molecular flexibility index (Phi) is 5.04. The van der Waals surface area contributed by atoms with Gasteiger partial charge < -0.3 is 15.0 Å². The van der Waals surface area contributed by atoms with Crippen LogP contribution in [-0.4, -0.2) is 23.0 Å². The molecule has 0 radical (unpaired) electrons. The van der Waals surface area contributed by atoms with Gasteiger partial charge in [0.25, 0.3) is 0 Å². The molecule has 4 nitrogen and oxygen atoms in total. The monoisotopic (exact) mass is 469 g/mol. The van der Waals surface area contributed by atoms with Crippen molar-refractivity contribution in [1.29, 1.82) is 0 Å². The molecule has 4 heteroatoms. The van der Waals surface area contributed by atoms with Crippen LogP contribution in [0.2, 0.25) is 0 Å². The number of fused-ring (bicyclic) bond motifs is 7. The third kappa shape index (κ3) is 2.81. The van der Waals surface area contributed by atoms with Crippen molar-refractivity contribution in [2.24, 2.45) is 50.2 Å². The fourth-order valence-electron chi connectivity index (χ4n) is 10.4. The van der Waals surface area contributed by atoms with Crippen LogP contribution in [0.5, 0.6) is 0 Å². The molecule has 5 rings (SSSR count). The third-order valence-corrected chi connectivity index (χ3v) is 13.0. The lowest BCUT2D eigenvalue weighted by atomic mass is 9.33. The molecule has 0 unspecified atom stereocenters. The van der Waals surface area contributed by atoms with Crippen molar-refractivity contribution in [3.05, 3.63) is 11.6 Å². The summed E-state index contributed by atoms with van der Waals surface area (Å²) in [5, 5.41) is 23.0. The summed E-state index contributed by atoms with van der Waals surface area (Å²) in [4.78, 5) is 26.3. The van der Waals surface area contributed by atoms with Crippen molar-refractivity contribution >= 4 is 11.8 Å². The molecule has 0 spiro atoms. The molecule has 4 fully saturated rings. The Morgan fingerprint density at radius 3 is 2.24 bits per heavy atom. The second-order valence-corrected chi connectivity index (χ2v) is 14.9. The lowest BCUT2D eigenvalue weighted by Crippen LogP contribution is -2.66. The Balaban J connectivity index is 1.62. The lowest BCUT2D eigenvalue weighted by Gasteiger charge is -2.70. The number of rotatable bonds is 1. The minimum Gasteiger partial charge on any atom is -0.550 e. The van der Waals surface area contributed by atoms with Gasteiger partial charge in [0.2, 0.25) is 0 Å². The fourth-order valence-corrected chi connectivity index (χ4v) is 10.4. The van der Waals surface area contributed by atoms with Gasteiger partial charge >= 0.3 is 0 Å². The molecule has 5 aliphatic rings. The highest BCUT2D eigenvalue weighted by molar-refractivity contribution is 5.95. The van der Waals surface area contributed by atoms with Crippen LogP contribution < -0.4 is 5.11 Å². The molecular weight excluding hydrogens is 424 g/mol. The summed E-state index contributed by atoms with van der Waals surface area (Å²) in [6.07, 6.45) is 9.69. The summed E-state index contributed by atoms with van der Waals surface area (Å²) in [7, 11) is 0. The van der Waals surface area contributed by atoms with Gasteiger partial charge in [0.1, 0.15) is 0 Å². The number of carboxylic acid groups (broad SMARTS) is 1. The van der Waals surface area contributed by atoms with E-state index in [-0.39, 0.29) is 50.8 Å². The minimum atomic E-state index is -0.940. The minimum absolute atomic E-state index is 0.0419. The molecule has 34 heavy (non-hydrogen) atoms. The first-order valence-corrected chi connectivity index (χ1v) is 13.7. The first-order chi connectivity index (χ1) is 15.6. The predicted octanol–water partition coefficient (Wildman–Crippen LogP) is 5.08. The van der Waals surface area contributed by atoms with E-state index in [4.69, 9.17) is 0 Å². The number of ketones is 1. The van der Waals surface area contributed by atoms with E-state index in [1.165, 1.54) is 5.57 Å². The molecule has 1 N–H and O–H groups in total. The molecular formula is C30H45O4-. The van der Waals surface area contributed by atoms with E-state index >= 15 is 0 Å². The van der Waals surface area contributed by atoms with E-state index in [1.54, 1.807) is 0 Å². The van der Waals surface area contributed by atoms with Crippen LogP contribution in [0.25, 0.3) is 0 Å². The first-order valence-electron chi connectivity index (χ1n) is 13.7. The summed E-state index contributed by atoms with van der Waals surface area (Å²) in [5.74, 6) is -0.266. The van der Waals surface area contributed by atoms with Crippen molar-refractivity contribution < 1.29 is 19.8 Å². The molecule has 4 saturated carbocycles. The average Bonchev–Trinajstić information content (AvgIpc) is 2.73. The highest BCUT2D eigenvalue weighted by Crippen LogP contribution is 2.75. The number of carboxylic acids is 1. The molecule has 190 valence electrons. The Morgan fingerprint density at radius 2 is 1.59 bits per heavy atom. The zero-order chi connectivity index (χ0) is 25.1. The maximum absolute atomic E-state index is 14.2. The number of carbonyl (C=O) groups excluding carboxylic acids is 2. The van der Waals surface area contributed by atoms with Crippen LogP contribution in [0, 0.1) is 50.2 Å². The molecule has 0 bridgehead atoms. The highest BCUT2D eigenvalue weighted by atomic mass is 16.4. The Hall–Kier alpha value is -1.16. The summed E-state index contributed by atoms with van der Waals surface area (Å²) < 4.78 is 0. The molecule has 0 aromatic rings. The van der Waals surface area contributed by atoms with E-state index < -0.39 is 11.4 Å². The van der Waals surface area contributed by atoms with Gasteiger partial charge in [-0.3, -0.25) is 4.79 Å². The number of aliphatic hydroxyl groups excluding tert-OH is 1. The maximum Gasteiger partial charge on any atom is 0.159 e. The van der Waals surface area contributed by atoms with Crippen LogP contribution in [-0.2, 0) is 9.59 Å². The number of hydrogen-bond acceptors (Lipinski definition) is 4. The molecule has 0 aliphatic heterocycles. The Morgan fingerprint density at radius 1 is 0.941 bits per heavy atom. The maximum atomic E-state index is 14.2. The normalized spacial score (nSPS) is 54.1. The predicted molar refractivity (Wildman–Crippen MR) is 130 cm³/mol. The standard InChI is InChI=1S/C30H46O4/c1-25(2)21-8-11-30(7)23(28(21,5)10-9-22(25)32)20(31)16-18-19-17-27(4,24(33)34)13-12-26(19,3)14-15-29(18,30)6/h16,19,21-23,32H,8-15,17H2,1-7H3,(H,33,34)/p-1/t19-,21+,22+,23-,26-,27+,28-,29+,30+/m1/s1. The van der Waals surface area contributed by atoms with Gasteiger partial charge in [0.05, 0.1) is 6.10 Å². The summed E-state index contributed by atoms with van der Waals surface area (Å²) >= 11 is 0. The summed E-state index contributed by atoms with van der Waals surface area (Å²) in [6, 6.07) is 0. The van der Waals surface area contributed by atoms with E-state index in [0.29, 0.717) is 18.8 Å². The van der Waals surface area contributed by atoms with Gasteiger partial charge in [-0.25, -0.2) is 0 Å². The van der Waals surface area contributed by atoms with Crippen molar-refractivity contribution in [2.45, 2.75) is 112 Å². The van der Waals surface area contributed by atoms with Crippen molar-refractivity contribution in [3.8, 4) is 0 Å². The van der Waals surface area contributed by atoms with Crippen LogP contribution >= 0.6 is 0 Å². The molecule has 0 aromatic heterocycles. The van der Waals surface area contributed by atoms with Gasteiger partial charge in [0.15, 0.2) is 5.78 Å². The first kappa shape index (κ1) is 24.5. The fraction of sp³-hybridized carbons (Fsp3) is 0.867. The molecule has 0 aromatic carbocycles. The zero-order valence-electron chi connectivity index (χ0n) is 22.4. The van der Waals surface area contributed by atoms with Gasteiger partial charge in [-0.1, -0.05) is 54.0 Å². The topological polar surface area (TPSA) is 77.4 Å². The zero-order valence-corrected chi connectivity index (χ0v) is 22.4. The van der Waals surface area contributed by atoms with E-state index in [2.05, 4.69) is 41.5 Å². The highest BCUT2D eigenvalue weighted by Gasteiger charge is 2.70. The third-order valence-electron chi connectivity index (χ3n) is 13.0. The van der Waals surface area contributed by atoms with Crippen LogP contribution in [0.3, 0.4) is 0 Å². The van der Waals surface area contributed by atoms with Crippen LogP contribution in [0.4, 0.5) is 0 Å². The van der Waals surface area contributed by atoms with E-state index in [9.17, 15) is 19.8 Å². The smallest absolute Gasteiger partial charge is 0.159 e. The summed E-state index contributed by atoms with van der Waals surface area (Å²) in [5.41, 5.74) is -0.0781.